The van der Waals surface area contributed by atoms with Crippen LogP contribution in [0.5, 0.6) is 5.75 Å². The van der Waals surface area contributed by atoms with Gasteiger partial charge in [0.25, 0.3) is 0 Å². The minimum atomic E-state index is -1.25. The Morgan fingerprint density at radius 1 is 1.24 bits per heavy atom. The summed E-state index contributed by atoms with van der Waals surface area (Å²) in [5, 5.41) is 17.7. The van der Waals surface area contributed by atoms with Gasteiger partial charge in [-0.2, -0.15) is 5.26 Å². The number of aromatic carboxylic acids is 1. The van der Waals surface area contributed by atoms with E-state index in [-0.39, 0.29) is 23.5 Å². The molecule has 0 unspecified atom stereocenters. The predicted molar refractivity (Wildman–Crippen MR) is 68.8 cm³/mol. The molecule has 2 rings (SSSR count). The van der Waals surface area contributed by atoms with Crippen molar-refractivity contribution in [1.29, 1.82) is 5.26 Å². The number of hydrogen-bond donors (Lipinski definition) is 1. The number of carboxylic acid groups (broad SMARTS) is 1. The highest BCUT2D eigenvalue weighted by Gasteiger charge is 2.13. The highest BCUT2D eigenvalue weighted by atomic mass is 19.1. The van der Waals surface area contributed by atoms with Gasteiger partial charge in [-0.15, -0.1) is 0 Å². The maximum atomic E-state index is 13.2. The molecule has 0 saturated heterocycles. The van der Waals surface area contributed by atoms with E-state index in [2.05, 4.69) is 0 Å². The molecule has 0 fully saturated rings. The lowest BCUT2D eigenvalue weighted by molar-refractivity contribution is 0.0691. The van der Waals surface area contributed by atoms with Gasteiger partial charge >= 0.3 is 5.97 Å². The maximum absolute atomic E-state index is 13.2. The van der Waals surface area contributed by atoms with Crippen LogP contribution < -0.4 is 4.74 Å². The zero-order valence-electron chi connectivity index (χ0n) is 10.6. The van der Waals surface area contributed by atoms with Crippen molar-refractivity contribution in [3.8, 4) is 11.8 Å². The number of nitrogens with zero attached hydrogens (tertiary/aromatic N) is 1. The average molecular weight is 289 g/mol. The number of halogens is 2. The largest absolute Gasteiger partial charge is 0.488 e. The molecule has 6 heteroatoms. The fraction of sp³-hybridized carbons (Fsp3) is 0.0667. The Labute approximate surface area is 118 Å². The monoisotopic (exact) mass is 289 g/mol. The first kappa shape index (κ1) is 14.5. The van der Waals surface area contributed by atoms with Gasteiger partial charge in [0, 0.05) is 6.07 Å². The first-order valence-electron chi connectivity index (χ1n) is 5.85. The van der Waals surface area contributed by atoms with Crippen molar-refractivity contribution in [2.45, 2.75) is 6.61 Å². The molecule has 0 radical (unpaired) electrons. The summed E-state index contributed by atoms with van der Waals surface area (Å²) in [7, 11) is 0. The molecule has 0 bridgehead atoms. The van der Waals surface area contributed by atoms with E-state index >= 15 is 0 Å². The van der Waals surface area contributed by atoms with Crippen molar-refractivity contribution in [3.05, 3.63) is 64.7 Å². The molecule has 0 atom stereocenters. The first-order chi connectivity index (χ1) is 10.0. The SMILES string of the molecule is N#Cc1cc(COc2cc(F)ccc2C(=O)O)ccc1F. The smallest absolute Gasteiger partial charge is 0.339 e. The highest BCUT2D eigenvalue weighted by molar-refractivity contribution is 5.90. The zero-order chi connectivity index (χ0) is 15.4. The van der Waals surface area contributed by atoms with E-state index in [0.717, 1.165) is 24.3 Å². The standard InChI is InChI=1S/C15H9F2NO3/c16-11-2-3-12(15(19)20)14(6-11)21-8-9-1-4-13(17)10(5-9)7-18/h1-6H,8H2,(H,19,20). The third kappa shape index (κ3) is 3.34. The summed E-state index contributed by atoms with van der Waals surface area (Å²) in [5.74, 6) is -2.67. The number of carboxylic acids is 1. The van der Waals surface area contributed by atoms with Gasteiger partial charge in [0.2, 0.25) is 0 Å². The van der Waals surface area contributed by atoms with Crippen LogP contribution in [0.3, 0.4) is 0 Å². The molecule has 2 aromatic rings. The number of ether oxygens (including phenoxy) is 1. The van der Waals surface area contributed by atoms with Crippen LogP contribution in [0.2, 0.25) is 0 Å². The molecule has 0 heterocycles. The molecule has 0 spiro atoms. The fourth-order valence-electron chi connectivity index (χ4n) is 1.70. The summed E-state index contributed by atoms with van der Waals surface area (Å²) >= 11 is 0. The van der Waals surface area contributed by atoms with Gasteiger partial charge in [-0.3, -0.25) is 0 Å². The summed E-state index contributed by atoms with van der Waals surface area (Å²) in [6, 6.07) is 8.55. The van der Waals surface area contributed by atoms with E-state index in [1.165, 1.54) is 12.1 Å². The topological polar surface area (TPSA) is 70.3 Å². The summed E-state index contributed by atoms with van der Waals surface area (Å²) in [6.07, 6.45) is 0. The third-order valence-electron chi connectivity index (χ3n) is 2.72. The number of carbonyl (C=O) groups is 1. The molecule has 0 aromatic heterocycles. The molecule has 4 nitrogen and oxygen atoms in total. The Morgan fingerprint density at radius 2 is 2.00 bits per heavy atom. The number of hydrogen-bond acceptors (Lipinski definition) is 3. The Kier molecular flexibility index (Phi) is 4.14. The second-order valence-electron chi connectivity index (χ2n) is 4.16. The zero-order valence-corrected chi connectivity index (χ0v) is 10.6. The van der Waals surface area contributed by atoms with E-state index in [1.54, 1.807) is 6.07 Å². The van der Waals surface area contributed by atoms with Crippen molar-refractivity contribution < 1.29 is 23.4 Å². The van der Waals surface area contributed by atoms with Crippen LogP contribution in [0.15, 0.2) is 36.4 Å². The van der Waals surface area contributed by atoms with E-state index in [9.17, 15) is 13.6 Å². The Hall–Kier alpha value is -2.94. The minimum Gasteiger partial charge on any atom is -0.488 e. The molecule has 1 N–H and O–H groups in total. The molecule has 0 aliphatic heterocycles. The van der Waals surface area contributed by atoms with Crippen LogP contribution in [-0.2, 0) is 6.61 Å². The fourth-order valence-corrected chi connectivity index (χ4v) is 1.70. The molecule has 21 heavy (non-hydrogen) atoms. The van der Waals surface area contributed by atoms with Crippen LogP contribution in [-0.4, -0.2) is 11.1 Å². The quantitative estimate of drug-likeness (QED) is 0.938. The van der Waals surface area contributed by atoms with Crippen LogP contribution >= 0.6 is 0 Å². The Morgan fingerprint density at radius 3 is 2.67 bits per heavy atom. The normalized spacial score (nSPS) is 9.95. The molecule has 2 aromatic carbocycles. The second-order valence-corrected chi connectivity index (χ2v) is 4.16. The van der Waals surface area contributed by atoms with Gasteiger partial charge in [0.05, 0.1) is 5.56 Å². The maximum Gasteiger partial charge on any atom is 0.339 e. The predicted octanol–water partition coefficient (Wildman–Crippen LogP) is 3.11. The van der Waals surface area contributed by atoms with Crippen LogP contribution in [0.4, 0.5) is 8.78 Å². The third-order valence-corrected chi connectivity index (χ3v) is 2.72. The Balaban J connectivity index is 2.22. The minimum absolute atomic E-state index is 0.112. The summed E-state index contributed by atoms with van der Waals surface area (Å²) in [5.41, 5.74) is 0.140. The number of benzene rings is 2. The van der Waals surface area contributed by atoms with E-state index in [0.29, 0.717) is 5.56 Å². The lowest BCUT2D eigenvalue weighted by Gasteiger charge is -2.09. The first-order valence-corrected chi connectivity index (χ1v) is 5.85. The molecule has 0 saturated carbocycles. The molecular weight excluding hydrogens is 280 g/mol. The summed E-state index contributed by atoms with van der Waals surface area (Å²) in [4.78, 5) is 11.0. The van der Waals surface area contributed by atoms with Gasteiger partial charge in [0.15, 0.2) is 0 Å². The van der Waals surface area contributed by atoms with Crippen molar-refractivity contribution in [2.75, 3.05) is 0 Å². The van der Waals surface area contributed by atoms with E-state index in [4.69, 9.17) is 15.1 Å². The number of rotatable bonds is 4. The highest BCUT2D eigenvalue weighted by Crippen LogP contribution is 2.21. The lowest BCUT2D eigenvalue weighted by atomic mass is 10.1. The van der Waals surface area contributed by atoms with Crippen molar-refractivity contribution in [3.63, 3.8) is 0 Å². The van der Waals surface area contributed by atoms with Crippen molar-refractivity contribution in [2.24, 2.45) is 0 Å². The molecule has 106 valence electrons. The van der Waals surface area contributed by atoms with Crippen molar-refractivity contribution >= 4 is 5.97 Å². The average Bonchev–Trinajstić information content (AvgIpc) is 2.46. The van der Waals surface area contributed by atoms with Crippen LogP contribution in [0, 0.1) is 23.0 Å². The Bertz CT molecular complexity index is 738. The van der Waals surface area contributed by atoms with Gasteiger partial charge in [0.1, 0.15) is 35.6 Å². The van der Waals surface area contributed by atoms with Crippen molar-refractivity contribution in [1.82, 2.24) is 0 Å². The summed E-state index contributed by atoms with van der Waals surface area (Å²) < 4.78 is 31.6. The number of nitriles is 1. The van der Waals surface area contributed by atoms with Gasteiger partial charge in [-0.05, 0) is 29.8 Å². The summed E-state index contributed by atoms with van der Waals surface area (Å²) in [6.45, 7) is -0.112. The molecular formula is C15H9F2NO3. The van der Waals surface area contributed by atoms with Gasteiger partial charge < -0.3 is 9.84 Å². The van der Waals surface area contributed by atoms with E-state index < -0.39 is 17.6 Å². The van der Waals surface area contributed by atoms with Gasteiger partial charge in [-0.25, -0.2) is 13.6 Å². The van der Waals surface area contributed by atoms with E-state index in [1.807, 2.05) is 0 Å². The lowest BCUT2D eigenvalue weighted by Crippen LogP contribution is -2.04. The second kappa shape index (κ2) is 6.01. The van der Waals surface area contributed by atoms with Gasteiger partial charge in [-0.1, -0.05) is 6.07 Å². The molecule has 0 aliphatic carbocycles. The molecule has 0 aliphatic rings. The molecule has 0 amide bonds. The van der Waals surface area contributed by atoms with Crippen LogP contribution in [0.25, 0.3) is 0 Å². The van der Waals surface area contributed by atoms with Crippen LogP contribution in [0.1, 0.15) is 21.5 Å².